The molecule has 0 spiro atoms. The maximum Gasteiger partial charge on any atom is 0.283 e. The van der Waals surface area contributed by atoms with E-state index in [-0.39, 0.29) is 10.6 Å². The molecule has 16 heavy (non-hydrogen) atoms. The Hall–Kier alpha value is -0.520. The second-order valence-corrected chi connectivity index (χ2v) is 4.94. The molecule has 1 rings (SSSR count). The number of amides is 1. The van der Waals surface area contributed by atoms with Gasteiger partial charge in [0, 0.05) is 0 Å². The number of thioether (sulfide) groups is 2. The van der Waals surface area contributed by atoms with Gasteiger partial charge in [-0.3, -0.25) is 4.79 Å². The highest BCUT2D eigenvalue weighted by atomic mass is 35.5. The number of aliphatic imine (C=N–C) groups is 1. The van der Waals surface area contributed by atoms with Gasteiger partial charge in [-0.1, -0.05) is 17.7 Å². The molecule has 0 N–H and O–H groups in total. The van der Waals surface area contributed by atoms with Crippen LogP contribution in [0.3, 0.4) is 0 Å². The first-order chi connectivity index (χ1) is 7.60. The van der Waals surface area contributed by atoms with Crippen LogP contribution in [0.1, 0.15) is 10.4 Å². The van der Waals surface area contributed by atoms with E-state index in [9.17, 15) is 9.18 Å². The van der Waals surface area contributed by atoms with E-state index in [1.807, 2.05) is 0 Å². The van der Waals surface area contributed by atoms with Crippen molar-refractivity contribution < 1.29 is 9.18 Å². The predicted octanol–water partition coefficient (Wildman–Crippen LogP) is 3.70. The van der Waals surface area contributed by atoms with Crippen LogP contribution in [-0.2, 0) is 0 Å². The number of hydrogen-bond donors (Lipinski definition) is 0. The van der Waals surface area contributed by atoms with Crippen LogP contribution in [-0.4, -0.2) is 22.8 Å². The largest absolute Gasteiger partial charge is 0.283 e. The summed E-state index contributed by atoms with van der Waals surface area (Å²) in [5.74, 6) is -1.30. The lowest BCUT2D eigenvalue weighted by Crippen LogP contribution is -2.02. The van der Waals surface area contributed by atoms with Gasteiger partial charge >= 0.3 is 0 Å². The maximum atomic E-state index is 13.4. The maximum absolute atomic E-state index is 13.4. The molecule has 6 heteroatoms. The summed E-state index contributed by atoms with van der Waals surface area (Å²) in [6.07, 6.45) is 3.59. The van der Waals surface area contributed by atoms with E-state index in [2.05, 4.69) is 4.99 Å². The second-order valence-electron chi connectivity index (χ2n) is 2.69. The third-order valence-corrected chi connectivity index (χ3v) is 3.91. The normalized spacial score (nSPS) is 10.0. The molecule has 86 valence electrons. The Kier molecular flexibility index (Phi) is 5.31. The minimum Gasteiger partial charge on any atom is -0.267 e. The average molecular weight is 278 g/mol. The van der Waals surface area contributed by atoms with Crippen LogP contribution in [0.15, 0.2) is 23.2 Å². The van der Waals surface area contributed by atoms with E-state index in [1.165, 1.54) is 41.7 Å². The summed E-state index contributed by atoms with van der Waals surface area (Å²) in [6, 6.07) is 4.10. The number of hydrogen-bond acceptors (Lipinski definition) is 3. The molecule has 1 aromatic rings. The van der Waals surface area contributed by atoms with Crippen molar-refractivity contribution in [3.63, 3.8) is 0 Å². The standard InChI is InChI=1S/C10H9ClFNOS2/c1-15-10(16-2)13-9(14)8-6(11)4-3-5-7(8)12/h3-5H,1-2H3. The number of carbonyl (C=O) groups is 1. The highest BCUT2D eigenvalue weighted by molar-refractivity contribution is 8.38. The quantitative estimate of drug-likeness (QED) is 0.579. The Labute approximate surface area is 107 Å². The molecule has 0 aromatic heterocycles. The second kappa shape index (κ2) is 6.27. The Balaban J connectivity index is 3.10. The van der Waals surface area contributed by atoms with Crippen molar-refractivity contribution in [3.05, 3.63) is 34.6 Å². The lowest BCUT2D eigenvalue weighted by atomic mass is 10.2. The summed E-state index contributed by atoms with van der Waals surface area (Å²) >= 11 is 8.41. The molecule has 0 aliphatic heterocycles. The summed E-state index contributed by atoms with van der Waals surface area (Å²) in [5, 5.41) is 0.0790. The van der Waals surface area contributed by atoms with Crippen molar-refractivity contribution in [1.82, 2.24) is 0 Å². The zero-order valence-electron chi connectivity index (χ0n) is 8.66. The zero-order chi connectivity index (χ0) is 12.1. The van der Waals surface area contributed by atoms with E-state index in [1.54, 1.807) is 12.5 Å². The number of benzene rings is 1. The zero-order valence-corrected chi connectivity index (χ0v) is 11.0. The molecule has 0 saturated heterocycles. The van der Waals surface area contributed by atoms with Crippen molar-refractivity contribution in [2.24, 2.45) is 4.99 Å². The van der Waals surface area contributed by atoms with E-state index >= 15 is 0 Å². The number of rotatable bonds is 1. The molecule has 0 bridgehead atoms. The molecule has 0 aliphatic carbocycles. The van der Waals surface area contributed by atoms with Crippen LogP contribution in [0.2, 0.25) is 5.02 Å². The minimum atomic E-state index is -0.651. The Morgan fingerprint density at radius 2 is 2.00 bits per heavy atom. The van der Waals surface area contributed by atoms with Gasteiger partial charge in [-0.15, -0.1) is 23.5 Å². The summed E-state index contributed by atoms with van der Waals surface area (Å²) in [7, 11) is 0. The third-order valence-electron chi connectivity index (χ3n) is 1.72. The average Bonchev–Trinajstić information content (AvgIpc) is 2.25. The monoisotopic (exact) mass is 277 g/mol. The molecular formula is C10H9ClFNOS2. The molecule has 1 amide bonds. The minimum absolute atomic E-state index is 0.0790. The van der Waals surface area contributed by atoms with Crippen molar-refractivity contribution in [2.45, 2.75) is 0 Å². The van der Waals surface area contributed by atoms with Crippen molar-refractivity contribution in [3.8, 4) is 0 Å². The smallest absolute Gasteiger partial charge is 0.267 e. The summed E-state index contributed by atoms with van der Waals surface area (Å²) in [5.41, 5.74) is -0.176. The first-order valence-electron chi connectivity index (χ1n) is 4.25. The fourth-order valence-electron chi connectivity index (χ4n) is 1.02. The van der Waals surface area contributed by atoms with Gasteiger partial charge in [0.15, 0.2) is 0 Å². The number of halogens is 2. The Bertz CT molecular complexity index is 411. The molecule has 1 aromatic carbocycles. The van der Waals surface area contributed by atoms with Gasteiger partial charge in [-0.25, -0.2) is 4.39 Å². The van der Waals surface area contributed by atoms with Crippen LogP contribution in [0, 0.1) is 5.82 Å². The van der Waals surface area contributed by atoms with Gasteiger partial charge in [-0.05, 0) is 24.6 Å². The van der Waals surface area contributed by atoms with E-state index in [0.717, 1.165) is 0 Å². The number of nitrogens with zero attached hydrogens (tertiary/aromatic N) is 1. The summed E-state index contributed by atoms with van der Waals surface area (Å²) in [4.78, 5) is 15.5. The number of carbonyl (C=O) groups excluding carboxylic acids is 1. The highest BCUT2D eigenvalue weighted by Gasteiger charge is 2.15. The van der Waals surface area contributed by atoms with E-state index < -0.39 is 11.7 Å². The van der Waals surface area contributed by atoms with Gasteiger partial charge in [0.25, 0.3) is 5.91 Å². The summed E-state index contributed by atoms with van der Waals surface area (Å²) < 4.78 is 13.9. The van der Waals surface area contributed by atoms with Gasteiger partial charge in [0.2, 0.25) is 0 Å². The molecule has 0 atom stereocenters. The van der Waals surface area contributed by atoms with Gasteiger partial charge in [-0.2, -0.15) is 4.99 Å². The van der Waals surface area contributed by atoms with Crippen molar-refractivity contribution >= 4 is 45.4 Å². The molecule has 0 radical (unpaired) electrons. The first-order valence-corrected chi connectivity index (χ1v) is 7.08. The molecule has 2 nitrogen and oxygen atoms in total. The lowest BCUT2D eigenvalue weighted by Gasteiger charge is -2.02. The van der Waals surface area contributed by atoms with Crippen LogP contribution in [0.5, 0.6) is 0 Å². The van der Waals surface area contributed by atoms with Crippen molar-refractivity contribution in [1.29, 1.82) is 0 Å². The molecular weight excluding hydrogens is 269 g/mol. The molecule has 0 fully saturated rings. The highest BCUT2D eigenvalue weighted by Crippen LogP contribution is 2.21. The first kappa shape index (κ1) is 13.5. The fraction of sp³-hybridized carbons (Fsp3) is 0.200. The third kappa shape index (κ3) is 3.23. The molecule has 0 aliphatic rings. The van der Waals surface area contributed by atoms with Crippen LogP contribution >= 0.6 is 35.1 Å². The van der Waals surface area contributed by atoms with Crippen LogP contribution in [0.25, 0.3) is 0 Å². The Morgan fingerprint density at radius 3 is 2.50 bits per heavy atom. The van der Waals surface area contributed by atoms with E-state index in [4.69, 9.17) is 11.6 Å². The van der Waals surface area contributed by atoms with Crippen LogP contribution in [0.4, 0.5) is 4.39 Å². The lowest BCUT2D eigenvalue weighted by molar-refractivity contribution is 0.1000. The van der Waals surface area contributed by atoms with Gasteiger partial charge in [0.1, 0.15) is 10.2 Å². The van der Waals surface area contributed by atoms with E-state index in [0.29, 0.717) is 4.38 Å². The van der Waals surface area contributed by atoms with Gasteiger partial charge in [0.05, 0.1) is 10.6 Å². The SMILES string of the molecule is CSC(=NC(=O)c1c(F)cccc1Cl)SC. The Morgan fingerprint density at radius 1 is 1.38 bits per heavy atom. The predicted molar refractivity (Wildman–Crippen MR) is 70.2 cm³/mol. The molecule has 0 heterocycles. The topological polar surface area (TPSA) is 29.4 Å². The summed E-state index contributed by atoms with van der Waals surface area (Å²) in [6.45, 7) is 0. The molecule has 0 unspecified atom stereocenters. The van der Waals surface area contributed by atoms with Crippen molar-refractivity contribution in [2.75, 3.05) is 12.5 Å². The van der Waals surface area contributed by atoms with Crippen LogP contribution < -0.4 is 0 Å². The molecule has 0 saturated carbocycles. The fourth-order valence-corrected chi connectivity index (χ4v) is 2.27. The van der Waals surface area contributed by atoms with Gasteiger partial charge < -0.3 is 0 Å².